The van der Waals surface area contributed by atoms with Gasteiger partial charge in [0.15, 0.2) is 0 Å². The maximum Gasteiger partial charge on any atom is 0.131 e. The minimum Gasteiger partial charge on any atom is -0.493 e. The zero-order valence-electron chi connectivity index (χ0n) is 21.2. The van der Waals surface area contributed by atoms with Crippen LogP contribution in [-0.2, 0) is 12.8 Å². The van der Waals surface area contributed by atoms with Crippen LogP contribution in [0.15, 0.2) is 36.7 Å². The molecule has 1 aliphatic rings. The van der Waals surface area contributed by atoms with Gasteiger partial charge in [-0.15, -0.1) is 0 Å². The molecule has 2 aromatic rings. The van der Waals surface area contributed by atoms with Gasteiger partial charge in [-0.2, -0.15) is 0 Å². The summed E-state index contributed by atoms with van der Waals surface area (Å²) in [5, 5.41) is 0. The van der Waals surface area contributed by atoms with E-state index in [1.54, 1.807) is 0 Å². The highest BCUT2D eigenvalue weighted by atomic mass is 16.5. The minimum atomic E-state index is 0.520. The van der Waals surface area contributed by atoms with Crippen molar-refractivity contribution in [3.63, 3.8) is 0 Å². The first kappa shape index (κ1) is 25.7. The Bertz CT molecular complexity index is 748. The summed E-state index contributed by atoms with van der Waals surface area (Å²) in [5.74, 6) is 3.24. The average molecular weight is 451 g/mol. The molecule has 0 saturated heterocycles. The molecule has 1 aromatic carbocycles. The lowest BCUT2D eigenvalue weighted by atomic mass is 9.82. The van der Waals surface area contributed by atoms with Crippen molar-refractivity contribution in [3.8, 4) is 5.75 Å². The van der Waals surface area contributed by atoms with Crippen molar-refractivity contribution >= 4 is 0 Å². The van der Waals surface area contributed by atoms with E-state index in [0.29, 0.717) is 11.8 Å². The molecule has 0 N–H and O–H groups in total. The predicted molar refractivity (Wildman–Crippen MR) is 139 cm³/mol. The smallest absolute Gasteiger partial charge is 0.131 e. The zero-order valence-corrected chi connectivity index (χ0v) is 21.2. The fourth-order valence-corrected chi connectivity index (χ4v) is 4.95. The molecule has 0 radical (unpaired) electrons. The van der Waals surface area contributed by atoms with Gasteiger partial charge in [-0.25, -0.2) is 9.97 Å². The van der Waals surface area contributed by atoms with Gasteiger partial charge in [-0.3, -0.25) is 0 Å². The molecule has 0 amide bonds. The quantitative estimate of drug-likeness (QED) is 0.255. The van der Waals surface area contributed by atoms with Crippen LogP contribution in [0.25, 0.3) is 0 Å². The van der Waals surface area contributed by atoms with E-state index in [9.17, 15) is 0 Å². The highest BCUT2D eigenvalue weighted by molar-refractivity contribution is 5.27. The molecule has 0 spiro atoms. The van der Waals surface area contributed by atoms with Crippen LogP contribution >= 0.6 is 0 Å². The van der Waals surface area contributed by atoms with Gasteiger partial charge in [-0.05, 0) is 80.5 Å². The molecule has 182 valence electrons. The normalized spacial score (nSPS) is 18.4. The molecule has 3 nitrogen and oxygen atoms in total. The minimum absolute atomic E-state index is 0.520. The molecule has 1 heterocycles. The van der Waals surface area contributed by atoms with E-state index in [-0.39, 0.29) is 0 Å². The number of unbranched alkanes of at least 4 members (excludes halogenated alkanes) is 7. The second kappa shape index (κ2) is 15.1. The van der Waals surface area contributed by atoms with E-state index >= 15 is 0 Å². The van der Waals surface area contributed by atoms with Crippen LogP contribution in [0.3, 0.4) is 0 Å². The molecule has 1 aliphatic carbocycles. The van der Waals surface area contributed by atoms with Crippen molar-refractivity contribution in [2.75, 3.05) is 6.61 Å². The third kappa shape index (κ3) is 9.47. The summed E-state index contributed by atoms with van der Waals surface area (Å²) in [6.07, 6.45) is 23.1. The first-order valence-corrected chi connectivity index (χ1v) is 13.8. The summed E-state index contributed by atoms with van der Waals surface area (Å²) >= 11 is 0. The van der Waals surface area contributed by atoms with Crippen molar-refractivity contribution in [1.29, 1.82) is 0 Å². The second-order valence-corrected chi connectivity index (χ2v) is 10.1. The lowest BCUT2D eigenvalue weighted by Crippen LogP contribution is -2.20. The summed E-state index contributed by atoms with van der Waals surface area (Å²) in [7, 11) is 0. The summed E-state index contributed by atoms with van der Waals surface area (Å²) in [4.78, 5) is 9.44. The van der Waals surface area contributed by atoms with Gasteiger partial charge < -0.3 is 4.74 Å². The number of aromatic nitrogens is 2. The summed E-state index contributed by atoms with van der Waals surface area (Å²) in [6.45, 7) is 5.36. The maximum absolute atomic E-state index is 6.14. The summed E-state index contributed by atoms with van der Waals surface area (Å²) in [5.41, 5.74) is 2.73. The standard InChI is InChI=1S/C30H46N2O/c1-3-5-7-9-11-12-25-16-20-29(21-17-25)33-24-26-14-18-28(19-15-26)30-31-22-27(23-32-30)13-10-8-6-4-2/h16-17,20-23,26,28H,3-15,18-19,24H2,1-2H3. The third-order valence-electron chi connectivity index (χ3n) is 7.23. The van der Waals surface area contributed by atoms with Crippen molar-refractivity contribution in [1.82, 2.24) is 9.97 Å². The summed E-state index contributed by atoms with van der Waals surface area (Å²) in [6, 6.07) is 8.81. The molecular weight excluding hydrogens is 404 g/mol. The van der Waals surface area contributed by atoms with Gasteiger partial charge in [0.05, 0.1) is 6.61 Å². The van der Waals surface area contributed by atoms with E-state index < -0.39 is 0 Å². The molecule has 3 heteroatoms. The molecule has 1 aromatic heterocycles. The van der Waals surface area contributed by atoms with E-state index in [4.69, 9.17) is 14.7 Å². The first-order chi connectivity index (χ1) is 16.3. The Morgan fingerprint density at radius 1 is 0.697 bits per heavy atom. The molecule has 1 fully saturated rings. The van der Waals surface area contributed by atoms with Crippen molar-refractivity contribution < 1.29 is 4.74 Å². The number of aryl methyl sites for hydroxylation is 2. The Kier molecular flexibility index (Phi) is 11.8. The number of hydrogen-bond donors (Lipinski definition) is 0. The van der Waals surface area contributed by atoms with Crippen LogP contribution in [0, 0.1) is 5.92 Å². The van der Waals surface area contributed by atoms with Gasteiger partial charge in [-0.1, -0.05) is 70.9 Å². The fraction of sp³-hybridized carbons (Fsp3) is 0.667. The second-order valence-electron chi connectivity index (χ2n) is 10.1. The molecule has 3 rings (SSSR count). The lowest BCUT2D eigenvalue weighted by Gasteiger charge is -2.27. The van der Waals surface area contributed by atoms with Crippen molar-refractivity contribution in [2.45, 2.75) is 116 Å². The van der Waals surface area contributed by atoms with E-state index in [1.807, 2.05) is 0 Å². The molecule has 0 unspecified atom stereocenters. The third-order valence-corrected chi connectivity index (χ3v) is 7.23. The zero-order chi connectivity index (χ0) is 23.1. The fourth-order valence-electron chi connectivity index (χ4n) is 4.95. The van der Waals surface area contributed by atoms with E-state index in [0.717, 1.165) is 24.6 Å². The number of ether oxygens (including phenoxy) is 1. The highest BCUT2D eigenvalue weighted by Gasteiger charge is 2.24. The topological polar surface area (TPSA) is 35.0 Å². The lowest BCUT2D eigenvalue weighted by molar-refractivity contribution is 0.198. The van der Waals surface area contributed by atoms with Crippen LogP contribution in [0.2, 0.25) is 0 Å². The van der Waals surface area contributed by atoms with Crippen molar-refractivity contribution in [3.05, 3.63) is 53.6 Å². The molecule has 1 saturated carbocycles. The van der Waals surface area contributed by atoms with Crippen LogP contribution in [0.1, 0.15) is 120 Å². The van der Waals surface area contributed by atoms with Gasteiger partial charge in [0.2, 0.25) is 0 Å². The SMILES string of the molecule is CCCCCCCc1ccc(OCC2CCC(c3ncc(CCCCCC)cn3)CC2)cc1. The van der Waals surface area contributed by atoms with Crippen LogP contribution in [0.5, 0.6) is 5.75 Å². The molecular formula is C30H46N2O. The van der Waals surface area contributed by atoms with Crippen LogP contribution < -0.4 is 4.74 Å². The monoisotopic (exact) mass is 450 g/mol. The van der Waals surface area contributed by atoms with Gasteiger partial charge in [0.25, 0.3) is 0 Å². The highest BCUT2D eigenvalue weighted by Crippen LogP contribution is 2.34. The number of nitrogens with zero attached hydrogens (tertiary/aromatic N) is 2. The number of rotatable bonds is 15. The van der Waals surface area contributed by atoms with Gasteiger partial charge in [0, 0.05) is 18.3 Å². The van der Waals surface area contributed by atoms with Crippen molar-refractivity contribution in [2.24, 2.45) is 5.92 Å². The molecule has 0 atom stereocenters. The van der Waals surface area contributed by atoms with Crippen LogP contribution in [0.4, 0.5) is 0 Å². The Morgan fingerprint density at radius 2 is 1.27 bits per heavy atom. The van der Waals surface area contributed by atoms with Crippen LogP contribution in [-0.4, -0.2) is 16.6 Å². The molecule has 0 aliphatic heterocycles. The summed E-state index contributed by atoms with van der Waals surface area (Å²) < 4.78 is 6.14. The van der Waals surface area contributed by atoms with Gasteiger partial charge in [0.1, 0.15) is 11.6 Å². The number of hydrogen-bond acceptors (Lipinski definition) is 3. The Hall–Kier alpha value is -1.90. The number of benzene rings is 1. The Morgan fingerprint density at radius 3 is 1.91 bits per heavy atom. The Labute approximate surface area is 202 Å². The van der Waals surface area contributed by atoms with E-state index in [2.05, 4.69) is 50.5 Å². The molecule has 0 bridgehead atoms. The van der Waals surface area contributed by atoms with E-state index in [1.165, 1.54) is 101 Å². The Balaban J connectivity index is 1.32. The largest absolute Gasteiger partial charge is 0.493 e. The van der Waals surface area contributed by atoms with Gasteiger partial charge >= 0.3 is 0 Å². The first-order valence-electron chi connectivity index (χ1n) is 13.8. The predicted octanol–water partition coefficient (Wildman–Crippen LogP) is 8.47. The molecule has 33 heavy (non-hydrogen) atoms. The average Bonchev–Trinajstić information content (AvgIpc) is 2.87. The maximum atomic E-state index is 6.14.